The zero-order valence-corrected chi connectivity index (χ0v) is 14.9. The summed E-state index contributed by atoms with van der Waals surface area (Å²) in [6.45, 7) is 0. The summed E-state index contributed by atoms with van der Waals surface area (Å²) in [5.74, 6) is 0.587. The molecule has 9 heteroatoms. The van der Waals surface area contributed by atoms with Crippen LogP contribution < -0.4 is 0 Å². The molecule has 9 nitrogen and oxygen atoms in total. The van der Waals surface area contributed by atoms with Crippen molar-refractivity contribution in [2.75, 3.05) is 0 Å². The quantitative estimate of drug-likeness (QED) is 0.481. The third-order valence-corrected chi connectivity index (χ3v) is 4.71. The minimum atomic E-state index is 0.587. The smallest absolute Gasteiger partial charge is 0.178 e. The van der Waals surface area contributed by atoms with Crippen LogP contribution in [0.25, 0.3) is 56.1 Å². The molecule has 0 aliphatic rings. The van der Waals surface area contributed by atoms with Crippen LogP contribution in [0.5, 0.6) is 0 Å². The maximum Gasteiger partial charge on any atom is 0.178 e. The Balaban J connectivity index is 1.53. The molecular formula is C20H12N8O. The number of aromatic amines is 2. The standard InChI is InChI=1S/C20H12N8O/c1-2-15-17(24-14(1)12-7-21-10-22-8-12)18(28-27-15)20-25-16-13(11-4-6-29-9-11)3-5-23-19(16)26-20/h1-10H,(H,27,28)(H,23,25,26). The molecule has 2 N–H and O–H groups in total. The van der Waals surface area contributed by atoms with Gasteiger partial charge >= 0.3 is 0 Å². The lowest BCUT2D eigenvalue weighted by atomic mass is 10.1. The number of fused-ring (bicyclic) bond motifs is 2. The predicted molar refractivity (Wildman–Crippen MR) is 105 cm³/mol. The van der Waals surface area contributed by atoms with E-state index < -0.39 is 0 Å². The Morgan fingerprint density at radius 3 is 2.72 bits per heavy atom. The fourth-order valence-corrected chi connectivity index (χ4v) is 3.34. The largest absolute Gasteiger partial charge is 0.472 e. The van der Waals surface area contributed by atoms with Crippen LogP contribution in [0.4, 0.5) is 0 Å². The first-order valence-corrected chi connectivity index (χ1v) is 8.85. The number of hydrogen-bond acceptors (Lipinski definition) is 7. The summed E-state index contributed by atoms with van der Waals surface area (Å²) in [6, 6.07) is 7.65. The van der Waals surface area contributed by atoms with E-state index in [2.05, 4.69) is 35.1 Å². The van der Waals surface area contributed by atoms with Gasteiger partial charge < -0.3 is 9.40 Å². The molecule has 29 heavy (non-hydrogen) atoms. The summed E-state index contributed by atoms with van der Waals surface area (Å²) in [7, 11) is 0. The number of furan rings is 1. The molecule has 6 heterocycles. The Morgan fingerprint density at radius 2 is 1.86 bits per heavy atom. The zero-order chi connectivity index (χ0) is 19.2. The lowest BCUT2D eigenvalue weighted by molar-refractivity contribution is 0.568. The molecule has 0 saturated heterocycles. The van der Waals surface area contributed by atoms with E-state index in [0.717, 1.165) is 33.4 Å². The van der Waals surface area contributed by atoms with E-state index >= 15 is 0 Å². The van der Waals surface area contributed by atoms with Crippen LogP contribution in [-0.4, -0.2) is 40.1 Å². The molecule has 0 radical (unpaired) electrons. The highest BCUT2D eigenvalue weighted by Gasteiger charge is 2.17. The zero-order valence-electron chi connectivity index (χ0n) is 14.9. The molecule has 138 valence electrons. The van der Waals surface area contributed by atoms with Crippen LogP contribution in [0, 0.1) is 0 Å². The van der Waals surface area contributed by atoms with Crippen molar-refractivity contribution >= 4 is 22.2 Å². The van der Waals surface area contributed by atoms with Gasteiger partial charge in [0.1, 0.15) is 11.8 Å². The van der Waals surface area contributed by atoms with Gasteiger partial charge in [0, 0.05) is 35.3 Å². The number of aromatic nitrogens is 8. The maximum absolute atomic E-state index is 5.22. The number of H-pyrrole nitrogens is 2. The van der Waals surface area contributed by atoms with Crippen LogP contribution >= 0.6 is 0 Å². The van der Waals surface area contributed by atoms with E-state index in [1.165, 1.54) is 6.33 Å². The summed E-state index contributed by atoms with van der Waals surface area (Å²) in [5.41, 5.74) is 7.04. The molecular weight excluding hydrogens is 368 g/mol. The minimum Gasteiger partial charge on any atom is -0.472 e. The molecule has 0 aliphatic carbocycles. The van der Waals surface area contributed by atoms with E-state index in [0.29, 0.717) is 22.7 Å². The van der Waals surface area contributed by atoms with Crippen molar-refractivity contribution in [1.82, 2.24) is 40.1 Å². The summed E-state index contributed by atoms with van der Waals surface area (Å²) in [4.78, 5) is 25.2. The summed E-state index contributed by atoms with van der Waals surface area (Å²) in [6.07, 6.45) is 9.99. The number of imidazole rings is 1. The monoisotopic (exact) mass is 380 g/mol. The second-order valence-electron chi connectivity index (χ2n) is 6.45. The van der Waals surface area contributed by atoms with E-state index in [-0.39, 0.29) is 0 Å². The van der Waals surface area contributed by atoms with Crippen LogP contribution in [0.2, 0.25) is 0 Å². The molecule has 0 aromatic carbocycles. The first-order valence-electron chi connectivity index (χ1n) is 8.85. The van der Waals surface area contributed by atoms with Gasteiger partial charge in [-0.05, 0) is 24.3 Å². The van der Waals surface area contributed by atoms with Gasteiger partial charge in [-0.15, -0.1) is 0 Å². The Hall–Kier alpha value is -4.40. The molecule has 0 spiro atoms. The lowest BCUT2D eigenvalue weighted by Crippen LogP contribution is -1.88. The fourth-order valence-electron chi connectivity index (χ4n) is 3.34. The highest BCUT2D eigenvalue weighted by Crippen LogP contribution is 2.30. The normalized spacial score (nSPS) is 11.4. The molecule has 0 saturated carbocycles. The second-order valence-corrected chi connectivity index (χ2v) is 6.45. The van der Waals surface area contributed by atoms with Gasteiger partial charge in [-0.25, -0.2) is 24.9 Å². The number of nitrogens with one attached hydrogen (secondary N) is 2. The van der Waals surface area contributed by atoms with Gasteiger partial charge in [0.2, 0.25) is 0 Å². The van der Waals surface area contributed by atoms with E-state index in [1.807, 2.05) is 24.3 Å². The molecule has 0 unspecified atom stereocenters. The van der Waals surface area contributed by atoms with Crippen LogP contribution in [0.3, 0.4) is 0 Å². The van der Waals surface area contributed by atoms with Crippen molar-refractivity contribution in [3.63, 3.8) is 0 Å². The fraction of sp³-hybridized carbons (Fsp3) is 0. The average molecular weight is 380 g/mol. The Kier molecular flexibility index (Phi) is 3.27. The van der Waals surface area contributed by atoms with Gasteiger partial charge in [-0.2, -0.15) is 5.10 Å². The Labute approximate surface area is 162 Å². The van der Waals surface area contributed by atoms with Crippen molar-refractivity contribution in [3.05, 3.63) is 61.7 Å². The first-order chi connectivity index (χ1) is 14.4. The molecule has 0 atom stereocenters. The van der Waals surface area contributed by atoms with Crippen LogP contribution in [0.1, 0.15) is 0 Å². The van der Waals surface area contributed by atoms with Crippen molar-refractivity contribution in [2.45, 2.75) is 0 Å². The number of hydrogen-bond donors (Lipinski definition) is 2. The second kappa shape index (κ2) is 6.06. The van der Waals surface area contributed by atoms with Crippen LogP contribution in [-0.2, 0) is 0 Å². The third kappa shape index (κ3) is 2.48. The van der Waals surface area contributed by atoms with Crippen molar-refractivity contribution in [3.8, 4) is 33.9 Å². The SMILES string of the molecule is c1ncc(-c2ccc3[nH]nc(-c4nc5nccc(-c6ccoc6)c5[nH]4)c3n2)cn1. The van der Waals surface area contributed by atoms with Gasteiger partial charge in [0.15, 0.2) is 17.2 Å². The summed E-state index contributed by atoms with van der Waals surface area (Å²) < 4.78 is 5.22. The lowest BCUT2D eigenvalue weighted by Gasteiger charge is -2.00. The topological polar surface area (TPSA) is 122 Å². The van der Waals surface area contributed by atoms with Crippen molar-refractivity contribution < 1.29 is 4.42 Å². The van der Waals surface area contributed by atoms with E-state index in [9.17, 15) is 0 Å². The average Bonchev–Trinajstić information content (AvgIpc) is 3.52. The highest BCUT2D eigenvalue weighted by molar-refractivity contribution is 5.94. The van der Waals surface area contributed by atoms with Gasteiger partial charge in [-0.1, -0.05) is 0 Å². The molecule has 0 bridgehead atoms. The number of rotatable bonds is 3. The van der Waals surface area contributed by atoms with Crippen LogP contribution in [0.15, 0.2) is 66.1 Å². The molecule has 6 aromatic heterocycles. The van der Waals surface area contributed by atoms with E-state index in [4.69, 9.17) is 9.40 Å². The highest BCUT2D eigenvalue weighted by atomic mass is 16.3. The molecule has 0 amide bonds. The molecule has 0 fully saturated rings. The van der Waals surface area contributed by atoms with Crippen molar-refractivity contribution in [2.24, 2.45) is 0 Å². The van der Waals surface area contributed by atoms with Gasteiger partial charge in [-0.3, -0.25) is 5.10 Å². The molecule has 0 aliphatic heterocycles. The Morgan fingerprint density at radius 1 is 0.931 bits per heavy atom. The minimum absolute atomic E-state index is 0.587. The Bertz CT molecular complexity index is 1450. The number of nitrogens with zero attached hydrogens (tertiary/aromatic N) is 6. The molecule has 6 aromatic rings. The third-order valence-electron chi connectivity index (χ3n) is 4.71. The van der Waals surface area contributed by atoms with E-state index in [1.54, 1.807) is 31.1 Å². The van der Waals surface area contributed by atoms with Gasteiger partial charge in [0.25, 0.3) is 0 Å². The van der Waals surface area contributed by atoms with Crippen molar-refractivity contribution in [1.29, 1.82) is 0 Å². The summed E-state index contributed by atoms with van der Waals surface area (Å²) in [5, 5.41) is 7.44. The maximum atomic E-state index is 5.22. The predicted octanol–water partition coefficient (Wildman–Crippen LogP) is 3.61. The van der Waals surface area contributed by atoms with Gasteiger partial charge in [0.05, 0.1) is 29.3 Å². The number of pyridine rings is 2. The molecule has 6 rings (SSSR count). The summed E-state index contributed by atoms with van der Waals surface area (Å²) >= 11 is 0. The first kappa shape index (κ1) is 15.6.